The van der Waals surface area contributed by atoms with E-state index in [0.29, 0.717) is 19.0 Å². The Morgan fingerprint density at radius 1 is 0.964 bits per heavy atom. The highest BCUT2D eigenvalue weighted by Gasteiger charge is 2.61. The van der Waals surface area contributed by atoms with Crippen molar-refractivity contribution in [2.75, 3.05) is 13.1 Å². The van der Waals surface area contributed by atoms with Gasteiger partial charge in [0, 0.05) is 19.1 Å². The Hall–Kier alpha value is -0.960. The van der Waals surface area contributed by atoms with E-state index in [2.05, 4.69) is 25.5 Å². The van der Waals surface area contributed by atoms with Crippen molar-refractivity contribution >= 4 is 20.0 Å². The molecular formula is C20H30N2O4S2. The first kappa shape index (κ1) is 20.3. The smallest absolute Gasteiger partial charge is 0.207 e. The van der Waals surface area contributed by atoms with Crippen LogP contribution in [0.25, 0.3) is 0 Å². The normalized spacial score (nSPS) is 32.8. The second kappa shape index (κ2) is 6.52. The largest absolute Gasteiger partial charge is 0.243 e. The highest BCUT2D eigenvalue weighted by molar-refractivity contribution is 7.89. The molecule has 3 aliphatic rings. The molecule has 1 aromatic carbocycles. The quantitative estimate of drug-likeness (QED) is 0.785. The summed E-state index contributed by atoms with van der Waals surface area (Å²) in [5, 5.41) is 0. The zero-order chi connectivity index (χ0) is 20.4. The summed E-state index contributed by atoms with van der Waals surface area (Å²) in [5.74, 6) is 0.540. The molecule has 1 heterocycles. The molecule has 1 aliphatic heterocycles. The van der Waals surface area contributed by atoms with Crippen LogP contribution in [0.2, 0.25) is 0 Å². The molecule has 28 heavy (non-hydrogen) atoms. The Balaban J connectivity index is 1.54. The molecule has 2 bridgehead atoms. The SMILES string of the molecule is CC1(C)C2CCC1(C)C(NS(=O)(=O)c1ccc(S(=O)(=O)N3CCCC3)cc1)C2. The van der Waals surface area contributed by atoms with E-state index in [4.69, 9.17) is 0 Å². The lowest BCUT2D eigenvalue weighted by Crippen LogP contribution is -2.46. The van der Waals surface area contributed by atoms with Gasteiger partial charge in [0.1, 0.15) is 0 Å². The van der Waals surface area contributed by atoms with Crippen LogP contribution >= 0.6 is 0 Å². The van der Waals surface area contributed by atoms with Crippen LogP contribution < -0.4 is 4.72 Å². The molecule has 8 heteroatoms. The predicted octanol–water partition coefficient (Wildman–Crippen LogP) is 2.96. The lowest BCUT2D eigenvalue weighted by atomic mass is 9.69. The second-order valence-corrected chi connectivity index (χ2v) is 13.0. The van der Waals surface area contributed by atoms with E-state index < -0.39 is 20.0 Å². The molecule has 2 saturated carbocycles. The van der Waals surface area contributed by atoms with Crippen molar-refractivity contribution in [1.29, 1.82) is 0 Å². The maximum atomic E-state index is 13.0. The number of sulfonamides is 2. The number of fused-ring (bicyclic) bond motifs is 2. The van der Waals surface area contributed by atoms with Crippen LogP contribution in [0.5, 0.6) is 0 Å². The molecule has 3 fully saturated rings. The second-order valence-electron chi connectivity index (χ2n) is 9.37. The van der Waals surface area contributed by atoms with Gasteiger partial charge in [-0.2, -0.15) is 4.31 Å². The van der Waals surface area contributed by atoms with Crippen LogP contribution in [-0.4, -0.2) is 40.3 Å². The minimum absolute atomic E-state index is 0.0518. The van der Waals surface area contributed by atoms with E-state index in [1.165, 1.54) is 28.6 Å². The van der Waals surface area contributed by atoms with Gasteiger partial charge < -0.3 is 0 Å². The van der Waals surface area contributed by atoms with Gasteiger partial charge in [0.2, 0.25) is 20.0 Å². The Morgan fingerprint density at radius 2 is 1.54 bits per heavy atom. The van der Waals surface area contributed by atoms with Gasteiger partial charge in [-0.25, -0.2) is 21.6 Å². The van der Waals surface area contributed by atoms with Gasteiger partial charge in [-0.3, -0.25) is 0 Å². The molecule has 3 unspecified atom stereocenters. The van der Waals surface area contributed by atoms with Gasteiger partial charge in [-0.15, -0.1) is 0 Å². The summed E-state index contributed by atoms with van der Waals surface area (Å²) in [4.78, 5) is 0.276. The highest BCUT2D eigenvalue weighted by Crippen LogP contribution is 2.65. The molecule has 6 nitrogen and oxygen atoms in total. The van der Waals surface area contributed by atoms with Gasteiger partial charge in [0.25, 0.3) is 0 Å². The van der Waals surface area contributed by atoms with Crippen molar-refractivity contribution in [2.24, 2.45) is 16.7 Å². The van der Waals surface area contributed by atoms with Crippen molar-refractivity contribution in [1.82, 2.24) is 9.03 Å². The van der Waals surface area contributed by atoms with Gasteiger partial charge in [-0.05, 0) is 73.1 Å². The highest BCUT2D eigenvalue weighted by atomic mass is 32.2. The third-order valence-corrected chi connectivity index (χ3v) is 11.3. The van der Waals surface area contributed by atoms with Crippen molar-refractivity contribution in [3.63, 3.8) is 0 Å². The number of nitrogens with zero attached hydrogens (tertiary/aromatic N) is 1. The lowest BCUT2D eigenvalue weighted by Gasteiger charge is -2.39. The molecule has 2 aliphatic carbocycles. The predicted molar refractivity (Wildman–Crippen MR) is 108 cm³/mol. The topological polar surface area (TPSA) is 83.5 Å². The average molecular weight is 427 g/mol. The van der Waals surface area contributed by atoms with E-state index >= 15 is 0 Å². The van der Waals surface area contributed by atoms with Crippen molar-refractivity contribution in [2.45, 2.75) is 68.7 Å². The van der Waals surface area contributed by atoms with Crippen LogP contribution in [0.1, 0.15) is 52.9 Å². The summed E-state index contributed by atoms with van der Waals surface area (Å²) in [5.41, 5.74) is 0.0671. The monoisotopic (exact) mass is 426 g/mol. The van der Waals surface area contributed by atoms with E-state index in [-0.39, 0.29) is 26.7 Å². The fourth-order valence-electron chi connectivity index (χ4n) is 5.51. The van der Waals surface area contributed by atoms with Crippen molar-refractivity contribution < 1.29 is 16.8 Å². The minimum atomic E-state index is -3.69. The zero-order valence-electron chi connectivity index (χ0n) is 16.8. The third kappa shape index (κ3) is 2.95. The summed E-state index contributed by atoms with van der Waals surface area (Å²) in [7, 11) is -7.23. The van der Waals surface area contributed by atoms with Gasteiger partial charge in [0.15, 0.2) is 0 Å². The van der Waals surface area contributed by atoms with E-state index in [1.807, 2.05) is 0 Å². The van der Waals surface area contributed by atoms with Gasteiger partial charge >= 0.3 is 0 Å². The van der Waals surface area contributed by atoms with Crippen LogP contribution in [-0.2, 0) is 20.0 Å². The zero-order valence-corrected chi connectivity index (χ0v) is 18.4. The standard InChI is InChI=1S/C20H30N2O4S2/c1-19(2)15-10-11-20(19,3)18(14-15)21-27(23,24)16-6-8-17(9-7-16)28(25,26)22-12-4-5-13-22/h6-9,15,18,21H,4-5,10-14H2,1-3H3. The maximum absolute atomic E-state index is 13.0. The Labute approximate surface area is 168 Å². The summed E-state index contributed by atoms with van der Waals surface area (Å²) < 4.78 is 55.6. The first-order valence-corrected chi connectivity index (χ1v) is 13.0. The third-order valence-electron chi connectivity index (χ3n) is 7.93. The number of rotatable bonds is 5. The van der Waals surface area contributed by atoms with E-state index in [0.717, 1.165) is 32.1 Å². The van der Waals surface area contributed by atoms with Crippen LogP contribution in [0, 0.1) is 16.7 Å². The minimum Gasteiger partial charge on any atom is -0.207 e. The lowest BCUT2D eigenvalue weighted by molar-refractivity contribution is 0.130. The van der Waals surface area contributed by atoms with Gasteiger partial charge in [0.05, 0.1) is 9.79 Å². The van der Waals surface area contributed by atoms with Gasteiger partial charge in [-0.1, -0.05) is 20.8 Å². The molecule has 0 amide bonds. The Kier molecular flexibility index (Phi) is 4.73. The molecule has 3 atom stereocenters. The Morgan fingerprint density at radius 3 is 2.04 bits per heavy atom. The first-order valence-electron chi connectivity index (χ1n) is 10.1. The first-order chi connectivity index (χ1) is 13.0. The van der Waals surface area contributed by atoms with Crippen molar-refractivity contribution in [3.05, 3.63) is 24.3 Å². The summed E-state index contributed by atoms with van der Waals surface area (Å²) >= 11 is 0. The molecule has 0 aromatic heterocycles. The average Bonchev–Trinajstić information content (AvgIpc) is 3.29. The van der Waals surface area contributed by atoms with E-state index in [1.54, 1.807) is 0 Å². The maximum Gasteiger partial charge on any atom is 0.243 e. The molecule has 156 valence electrons. The molecule has 1 N–H and O–H groups in total. The summed E-state index contributed by atoms with van der Waals surface area (Å²) in [6.45, 7) is 7.75. The van der Waals surface area contributed by atoms with Crippen LogP contribution in [0.15, 0.2) is 34.1 Å². The number of hydrogen-bond donors (Lipinski definition) is 1. The Bertz CT molecular complexity index is 964. The fourth-order valence-corrected chi connectivity index (χ4v) is 8.38. The molecule has 1 aromatic rings. The number of nitrogens with one attached hydrogen (secondary N) is 1. The summed E-state index contributed by atoms with van der Waals surface area (Å²) in [6, 6.07) is 5.56. The number of benzene rings is 1. The molecule has 1 saturated heterocycles. The molecule has 0 spiro atoms. The fraction of sp³-hybridized carbons (Fsp3) is 0.700. The van der Waals surface area contributed by atoms with E-state index in [9.17, 15) is 16.8 Å². The molecular weight excluding hydrogens is 396 g/mol. The van der Waals surface area contributed by atoms with Crippen LogP contribution in [0.4, 0.5) is 0 Å². The molecule has 0 radical (unpaired) electrons. The van der Waals surface area contributed by atoms with Crippen molar-refractivity contribution in [3.8, 4) is 0 Å². The van der Waals surface area contributed by atoms with Crippen LogP contribution in [0.3, 0.4) is 0 Å². The number of hydrogen-bond acceptors (Lipinski definition) is 4. The summed E-state index contributed by atoms with van der Waals surface area (Å²) in [6.07, 6.45) is 4.79. The molecule has 4 rings (SSSR count).